The van der Waals surface area contributed by atoms with Crippen LogP contribution in [0.2, 0.25) is 0 Å². The summed E-state index contributed by atoms with van der Waals surface area (Å²) in [7, 11) is 3.28. The zero-order valence-corrected chi connectivity index (χ0v) is 12.8. The lowest BCUT2D eigenvalue weighted by Crippen LogP contribution is -2.02. The Morgan fingerprint density at radius 2 is 1.75 bits per heavy atom. The highest BCUT2D eigenvalue weighted by Crippen LogP contribution is 2.25. The molecule has 2 rings (SSSR count). The first-order valence-corrected chi connectivity index (χ1v) is 7.42. The van der Waals surface area contributed by atoms with E-state index in [0.29, 0.717) is 0 Å². The van der Waals surface area contributed by atoms with Crippen LogP contribution in [0.4, 0.5) is 0 Å². The van der Waals surface area contributed by atoms with Gasteiger partial charge in [0.15, 0.2) is 6.29 Å². The van der Waals surface area contributed by atoms with Gasteiger partial charge in [0.2, 0.25) is 0 Å². The molecular weight excluding hydrogens is 270 g/mol. The van der Waals surface area contributed by atoms with Crippen molar-refractivity contribution in [2.45, 2.75) is 23.9 Å². The number of benzene rings is 1. The van der Waals surface area contributed by atoms with Crippen molar-refractivity contribution in [1.82, 2.24) is 4.98 Å². The SMILES string of the molecule is COC(OC)c1ccc(SCc2cccc(C)n2)cc1. The summed E-state index contributed by atoms with van der Waals surface area (Å²) in [6.07, 6.45) is -0.299. The fraction of sp³-hybridized carbons (Fsp3) is 0.312. The van der Waals surface area contributed by atoms with Gasteiger partial charge in [-0.2, -0.15) is 0 Å². The van der Waals surface area contributed by atoms with Gasteiger partial charge in [-0.05, 0) is 31.2 Å². The molecule has 106 valence electrons. The van der Waals surface area contributed by atoms with Crippen LogP contribution in [0.15, 0.2) is 47.4 Å². The van der Waals surface area contributed by atoms with E-state index in [0.717, 1.165) is 22.7 Å². The maximum absolute atomic E-state index is 5.23. The summed E-state index contributed by atoms with van der Waals surface area (Å²) < 4.78 is 10.5. The van der Waals surface area contributed by atoms with Crippen molar-refractivity contribution in [1.29, 1.82) is 0 Å². The molecule has 3 nitrogen and oxygen atoms in total. The average molecular weight is 289 g/mol. The summed E-state index contributed by atoms with van der Waals surface area (Å²) in [4.78, 5) is 5.71. The third kappa shape index (κ3) is 4.07. The van der Waals surface area contributed by atoms with Gasteiger partial charge in [-0.3, -0.25) is 4.98 Å². The minimum atomic E-state index is -0.299. The Morgan fingerprint density at radius 1 is 1.05 bits per heavy atom. The van der Waals surface area contributed by atoms with E-state index in [-0.39, 0.29) is 6.29 Å². The molecule has 0 saturated carbocycles. The fourth-order valence-electron chi connectivity index (χ4n) is 1.93. The molecule has 1 aromatic carbocycles. The first-order chi connectivity index (χ1) is 9.72. The Hall–Kier alpha value is -1.36. The van der Waals surface area contributed by atoms with Crippen LogP contribution < -0.4 is 0 Å². The van der Waals surface area contributed by atoms with E-state index in [1.54, 1.807) is 26.0 Å². The number of pyridine rings is 1. The molecule has 4 heteroatoms. The molecule has 2 aromatic rings. The standard InChI is InChI=1S/C16H19NO2S/c1-12-5-4-6-14(17-12)11-20-15-9-7-13(8-10-15)16(18-2)19-3/h4-10,16H,11H2,1-3H3. The number of hydrogen-bond donors (Lipinski definition) is 0. The van der Waals surface area contributed by atoms with Crippen molar-refractivity contribution in [2.24, 2.45) is 0 Å². The van der Waals surface area contributed by atoms with Gasteiger partial charge in [0, 0.05) is 36.1 Å². The molecule has 0 aliphatic carbocycles. The van der Waals surface area contributed by atoms with Gasteiger partial charge in [0.25, 0.3) is 0 Å². The van der Waals surface area contributed by atoms with Crippen LogP contribution in [0.1, 0.15) is 23.2 Å². The van der Waals surface area contributed by atoms with Crippen molar-refractivity contribution in [2.75, 3.05) is 14.2 Å². The van der Waals surface area contributed by atoms with Crippen LogP contribution in [-0.2, 0) is 15.2 Å². The highest BCUT2D eigenvalue weighted by atomic mass is 32.2. The van der Waals surface area contributed by atoms with E-state index in [1.807, 2.05) is 31.2 Å². The first-order valence-electron chi connectivity index (χ1n) is 6.44. The van der Waals surface area contributed by atoms with Crippen LogP contribution in [-0.4, -0.2) is 19.2 Å². The minimum Gasteiger partial charge on any atom is -0.352 e. The molecule has 0 atom stereocenters. The number of methoxy groups -OCH3 is 2. The summed E-state index contributed by atoms with van der Waals surface area (Å²) in [6, 6.07) is 14.3. The topological polar surface area (TPSA) is 31.4 Å². The van der Waals surface area contributed by atoms with Gasteiger partial charge >= 0.3 is 0 Å². The normalized spacial score (nSPS) is 11.0. The molecule has 0 aliphatic rings. The number of nitrogens with zero attached hydrogens (tertiary/aromatic N) is 1. The van der Waals surface area contributed by atoms with E-state index >= 15 is 0 Å². The molecule has 20 heavy (non-hydrogen) atoms. The molecule has 0 bridgehead atoms. The summed E-state index contributed by atoms with van der Waals surface area (Å²) in [5.74, 6) is 0.874. The molecule has 0 fully saturated rings. The smallest absolute Gasteiger partial charge is 0.183 e. The minimum absolute atomic E-state index is 0.299. The lowest BCUT2D eigenvalue weighted by Gasteiger charge is -2.13. The van der Waals surface area contributed by atoms with E-state index in [1.165, 1.54) is 4.90 Å². The summed E-state index contributed by atoms with van der Waals surface area (Å²) in [6.45, 7) is 2.01. The number of thioether (sulfide) groups is 1. The second-order valence-corrected chi connectivity index (χ2v) is 5.48. The predicted octanol–water partition coefficient (Wildman–Crippen LogP) is 3.97. The molecule has 0 unspecified atom stereocenters. The molecule has 0 spiro atoms. The Kier molecular flexibility index (Phi) is 5.59. The van der Waals surface area contributed by atoms with Gasteiger partial charge in [-0.1, -0.05) is 18.2 Å². The fourth-order valence-corrected chi connectivity index (χ4v) is 2.73. The maximum atomic E-state index is 5.23. The lowest BCUT2D eigenvalue weighted by molar-refractivity contribution is -0.106. The average Bonchev–Trinajstić information content (AvgIpc) is 2.48. The number of hydrogen-bond acceptors (Lipinski definition) is 4. The Labute approximate surface area is 124 Å². The third-order valence-electron chi connectivity index (χ3n) is 2.91. The van der Waals surface area contributed by atoms with Crippen molar-refractivity contribution in [3.63, 3.8) is 0 Å². The predicted molar refractivity (Wildman–Crippen MR) is 81.7 cm³/mol. The summed E-state index contributed by atoms with van der Waals surface area (Å²) in [5.41, 5.74) is 3.18. The van der Waals surface area contributed by atoms with Crippen LogP contribution in [0.25, 0.3) is 0 Å². The number of rotatable bonds is 6. The van der Waals surface area contributed by atoms with E-state index in [4.69, 9.17) is 9.47 Å². The Morgan fingerprint density at radius 3 is 2.35 bits per heavy atom. The molecule has 0 aliphatic heterocycles. The number of aromatic nitrogens is 1. The van der Waals surface area contributed by atoms with Crippen molar-refractivity contribution >= 4 is 11.8 Å². The van der Waals surface area contributed by atoms with Crippen LogP contribution in [0.3, 0.4) is 0 Å². The zero-order chi connectivity index (χ0) is 14.4. The van der Waals surface area contributed by atoms with Gasteiger partial charge in [0.05, 0.1) is 5.69 Å². The monoisotopic (exact) mass is 289 g/mol. The molecule has 0 radical (unpaired) electrons. The quantitative estimate of drug-likeness (QED) is 0.595. The highest BCUT2D eigenvalue weighted by molar-refractivity contribution is 7.98. The molecule has 0 N–H and O–H groups in total. The second-order valence-electron chi connectivity index (χ2n) is 4.43. The van der Waals surface area contributed by atoms with Gasteiger partial charge in [-0.25, -0.2) is 0 Å². The third-order valence-corrected chi connectivity index (χ3v) is 3.96. The van der Waals surface area contributed by atoms with Gasteiger partial charge in [0.1, 0.15) is 0 Å². The van der Waals surface area contributed by atoms with Crippen molar-refractivity contribution in [3.05, 3.63) is 59.4 Å². The second kappa shape index (κ2) is 7.43. The molecule has 0 saturated heterocycles. The summed E-state index contributed by atoms with van der Waals surface area (Å²) in [5, 5.41) is 0. The first kappa shape index (κ1) is 15.0. The Bertz CT molecular complexity index is 538. The highest BCUT2D eigenvalue weighted by Gasteiger charge is 2.08. The number of ether oxygens (including phenoxy) is 2. The maximum Gasteiger partial charge on any atom is 0.183 e. The molecule has 1 heterocycles. The van der Waals surface area contributed by atoms with Crippen LogP contribution in [0.5, 0.6) is 0 Å². The largest absolute Gasteiger partial charge is 0.352 e. The molecule has 0 amide bonds. The Balaban J connectivity index is 1.97. The van der Waals surface area contributed by atoms with Crippen molar-refractivity contribution in [3.8, 4) is 0 Å². The van der Waals surface area contributed by atoms with E-state index < -0.39 is 0 Å². The van der Waals surface area contributed by atoms with E-state index in [2.05, 4.69) is 23.2 Å². The summed E-state index contributed by atoms with van der Waals surface area (Å²) >= 11 is 1.77. The number of aryl methyl sites for hydroxylation is 1. The van der Waals surface area contributed by atoms with Crippen LogP contribution in [0, 0.1) is 6.92 Å². The lowest BCUT2D eigenvalue weighted by atomic mass is 10.2. The van der Waals surface area contributed by atoms with Crippen molar-refractivity contribution < 1.29 is 9.47 Å². The van der Waals surface area contributed by atoms with Gasteiger partial charge in [-0.15, -0.1) is 11.8 Å². The van der Waals surface area contributed by atoms with Gasteiger partial charge < -0.3 is 9.47 Å². The molecular formula is C16H19NO2S. The van der Waals surface area contributed by atoms with E-state index in [9.17, 15) is 0 Å². The molecule has 1 aromatic heterocycles. The van der Waals surface area contributed by atoms with Crippen LogP contribution >= 0.6 is 11.8 Å². The zero-order valence-electron chi connectivity index (χ0n) is 12.0.